The number of carbonyl (C=O) groups is 2. The molecule has 7 nitrogen and oxygen atoms in total. The molecule has 0 atom stereocenters. The number of hydrogen-bond donors (Lipinski definition) is 1. The highest BCUT2D eigenvalue weighted by molar-refractivity contribution is 6.12. The standard InChI is InChI=1S/C22H36N2O5/c1-8-11-27-12-13-28-17-21(4,5)23-14-22(6,7)29-16-20(2,3)15-24-18(25)9-10-19(24)26/h1,9-10,23H,11-17H2,2-7H3. The van der Waals surface area contributed by atoms with Crippen molar-refractivity contribution in [3.63, 3.8) is 0 Å². The van der Waals surface area contributed by atoms with Gasteiger partial charge in [-0.3, -0.25) is 14.5 Å². The predicted octanol–water partition coefficient (Wildman–Crippen LogP) is 1.77. The van der Waals surface area contributed by atoms with Gasteiger partial charge in [-0.15, -0.1) is 6.42 Å². The second-order valence-electron chi connectivity index (χ2n) is 9.36. The van der Waals surface area contributed by atoms with Gasteiger partial charge in [0, 0.05) is 36.2 Å². The lowest BCUT2D eigenvalue weighted by atomic mass is 9.93. The molecule has 0 bridgehead atoms. The number of terminal acetylenes is 1. The normalized spacial score (nSPS) is 15.3. The molecule has 0 aromatic heterocycles. The average molecular weight is 409 g/mol. The second kappa shape index (κ2) is 10.9. The van der Waals surface area contributed by atoms with Gasteiger partial charge in [0.1, 0.15) is 6.61 Å². The molecule has 7 heteroatoms. The van der Waals surface area contributed by atoms with Crippen molar-refractivity contribution in [1.82, 2.24) is 10.2 Å². The van der Waals surface area contributed by atoms with Crippen LogP contribution in [0.1, 0.15) is 41.5 Å². The zero-order chi connectivity index (χ0) is 22.1. The van der Waals surface area contributed by atoms with E-state index >= 15 is 0 Å². The van der Waals surface area contributed by atoms with Gasteiger partial charge in [0.25, 0.3) is 11.8 Å². The Bertz CT molecular complexity index is 614. The van der Waals surface area contributed by atoms with E-state index in [1.54, 1.807) is 0 Å². The highest BCUT2D eigenvalue weighted by atomic mass is 16.5. The Morgan fingerprint density at radius 3 is 2.17 bits per heavy atom. The summed E-state index contributed by atoms with van der Waals surface area (Å²) < 4.78 is 17.0. The van der Waals surface area contributed by atoms with E-state index in [2.05, 4.69) is 25.1 Å². The maximum Gasteiger partial charge on any atom is 0.253 e. The molecule has 0 aliphatic carbocycles. The summed E-state index contributed by atoms with van der Waals surface area (Å²) >= 11 is 0. The molecule has 0 unspecified atom stereocenters. The van der Waals surface area contributed by atoms with E-state index in [1.165, 1.54) is 17.1 Å². The molecule has 1 heterocycles. The van der Waals surface area contributed by atoms with Crippen LogP contribution in [0.25, 0.3) is 0 Å². The van der Waals surface area contributed by atoms with E-state index in [9.17, 15) is 9.59 Å². The van der Waals surface area contributed by atoms with E-state index in [0.717, 1.165) is 0 Å². The molecule has 164 valence electrons. The fourth-order valence-electron chi connectivity index (χ4n) is 2.58. The summed E-state index contributed by atoms with van der Waals surface area (Å²) in [5, 5.41) is 3.47. The summed E-state index contributed by atoms with van der Waals surface area (Å²) in [5.41, 5.74) is -1.02. The number of rotatable bonds is 14. The van der Waals surface area contributed by atoms with Gasteiger partial charge < -0.3 is 19.5 Å². The van der Waals surface area contributed by atoms with Crippen LogP contribution in [0.15, 0.2) is 12.2 Å². The molecular weight excluding hydrogens is 372 g/mol. The van der Waals surface area contributed by atoms with Gasteiger partial charge in [0.05, 0.1) is 32.0 Å². The van der Waals surface area contributed by atoms with E-state index in [0.29, 0.717) is 46.1 Å². The first-order valence-corrected chi connectivity index (χ1v) is 9.89. The van der Waals surface area contributed by atoms with Crippen molar-refractivity contribution in [2.45, 2.75) is 52.7 Å². The number of amides is 2. The largest absolute Gasteiger partial charge is 0.377 e. The Labute approximate surface area is 175 Å². The number of ether oxygens (including phenoxy) is 3. The molecule has 0 spiro atoms. The zero-order valence-electron chi connectivity index (χ0n) is 18.7. The van der Waals surface area contributed by atoms with Crippen molar-refractivity contribution in [2.24, 2.45) is 5.41 Å². The lowest BCUT2D eigenvalue weighted by Crippen LogP contribution is -2.51. The Kier molecular flexibility index (Phi) is 9.50. The van der Waals surface area contributed by atoms with Gasteiger partial charge >= 0.3 is 0 Å². The predicted molar refractivity (Wildman–Crippen MR) is 112 cm³/mol. The first-order valence-electron chi connectivity index (χ1n) is 9.89. The molecule has 1 aliphatic rings. The monoisotopic (exact) mass is 408 g/mol. The van der Waals surface area contributed by atoms with Crippen LogP contribution in [-0.4, -0.2) is 74.0 Å². The molecule has 0 radical (unpaired) electrons. The number of hydrogen-bond acceptors (Lipinski definition) is 6. The third-order valence-corrected chi connectivity index (χ3v) is 4.35. The van der Waals surface area contributed by atoms with Crippen LogP contribution in [0.3, 0.4) is 0 Å². The average Bonchev–Trinajstić information content (AvgIpc) is 2.93. The van der Waals surface area contributed by atoms with E-state index in [4.69, 9.17) is 20.6 Å². The highest BCUT2D eigenvalue weighted by Crippen LogP contribution is 2.23. The number of nitrogens with one attached hydrogen (secondary N) is 1. The topological polar surface area (TPSA) is 77.1 Å². The van der Waals surface area contributed by atoms with Crippen LogP contribution in [0, 0.1) is 17.8 Å². The van der Waals surface area contributed by atoms with Crippen molar-refractivity contribution in [3.05, 3.63) is 12.2 Å². The minimum Gasteiger partial charge on any atom is -0.377 e. The first-order chi connectivity index (χ1) is 13.4. The molecule has 29 heavy (non-hydrogen) atoms. The SMILES string of the molecule is C#CCOCCOCC(C)(C)NCC(C)(C)OCC(C)(C)CN1C(=O)C=CC1=O. The molecule has 0 fully saturated rings. The van der Waals surface area contributed by atoms with Gasteiger partial charge in [-0.2, -0.15) is 0 Å². The third kappa shape index (κ3) is 10.0. The summed E-state index contributed by atoms with van der Waals surface area (Å²) in [6.07, 6.45) is 7.73. The van der Waals surface area contributed by atoms with Crippen LogP contribution >= 0.6 is 0 Å². The molecule has 0 saturated heterocycles. The molecule has 2 amide bonds. The summed E-state index contributed by atoms with van der Waals surface area (Å²) in [7, 11) is 0. The number of nitrogens with zero attached hydrogens (tertiary/aromatic N) is 1. The summed E-state index contributed by atoms with van der Waals surface area (Å²) in [6.45, 7) is 15.3. The third-order valence-electron chi connectivity index (χ3n) is 4.35. The van der Waals surface area contributed by atoms with Crippen LogP contribution < -0.4 is 5.32 Å². The van der Waals surface area contributed by atoms with E-state index < -0.39 is 5.60 Å². The van der Waals surface area contributed by atoms with Gasteiger partial charge in [-0.25, -0.2) is 0 Å². The molecule has 1 N–H and O–H groups in total. The zero-order valence-corrected chi connectivity index (χ0v) is 18.7. The van der Waals surface area contributed by atoms with Gasteiger partial charge in [-0.05, 0) is 27.7 Å². The number of imide groups is 1. The fourth-order valence-corrected chi connectivity index (χ4v) is 2.58. The van der Waals surface area contributed by atoms with Gasteiger partial charge in [0.2, 0.25) is 0 Å². The summed E-state index contributed by atoms with van der Waals surface area (Å²) in [5.74, 6) is 1.88. The minimum absolute atomic E-state index is 0.234. The molecule has 1 rings (SSSR count). The maximum absolute atomic E-state index is 11.8. The first kappa shape index (κ1) is 25.3. The number of carbonyl (C=O) groups excluding carboxylic acids is 2. The fraction of sp³-hybridized carbons (Fsp3) is 0.727. The smallest absolute Gasteiger partial charge is 0.253 e. The summed E-state index contributed by atoms with van der Waals surface area (Å²) in [4.78, 5) is 24.8. The van der Waals surface area contributed by atoms with Crippen molar-refractivity contribution < 1.29 is 23.8 Å². The van der Waals surface area contributed by atoms with Crippen molar-refractivity contribution in [3.8, 4) is 12.3 Å². The molecule has 0 saturated carbocycles. The Hall–Kier alpha value is -1.72. The molecular formula is C22H36N2O5. The van der Waals surface area contributed by atoms with E-state index in [1.807, 2.05) is 27.7 Å². The molecule has 0 aromatic rings. The van der Waals surface area contributed by atoms with Crippen LogP contribution in [0.5, 0.6) is 0 Å². The maximum atomic E-state index is 11.8. The highest BCUT2D eigenvalue weighted by Gasteiger charge is 2.33. The lowest BCUT2D eigenvalue weighted by Gasteiger charge is -2.36. The van der Waals surface area contributed by atoms with Crippen molar-refractivity contribution in [1.29, 1.82) is 0 Å². The lowest BCUT2D eigenvalue weighted by molar-refractivity contribution is -0.140. The van der Waals surface area contributed by atoms with Gasteiger partial charge in [-0.1, -0.05) is 19.8 Å². The Morgan fingerprint density at radius 1 is 1.00 bits per heavy atom. The quantitative estimate of drug-likeness (QED) is 0.268. The van der Waals surface area contributed by atoms with Crippen LogP contribution in [0.4, 0.5) is 0 Å². The van der Waals surface area contributed by atoms with Crippen LogP contribution in [-0.2, 0) is 23.8 Å². The van der Waals surface area contributed by atoms with E-state index in [-0.39, 0.29) is 22.8 Å². The second-order valence-corrected chi connectivity index (χ2v) is 9.36. The van der Waals surface area contributed by atoms with Gasteiger partial charge in [0.15, 0.2) is 0 Å². The summed E-state index contributed by atoms with van der Waals surface area (Å²) in [6, 6.07) is 0. The Balaban J connectivity index is 2.37. The van der Waals surface area contributed by atoms with Crippen molar-refractivity contribution >= 4 is 11.8 Å². The van der Waals surface area contributed by atoms with Crippen LogP contribution in [0.2, 0.25) is 0 Å². The minimum atomic E-state index is -0.429. The molecule has 1 aliphatic heterocycles. The molecule has 0 aromatic carbocycles. The van der Waals surface area contributed by atoms with Crippen molar-refractivity contribution in [2.75, 3.05) is 46.1 Å². The Morgan fingerprint density at radius 2 is 1.59 bits per heavy atom.